The standard InChI is InChI=1S/C9H12O/c1-8-4-3-5-9(2,6-8)7-10/h3,5-7H,4H2,1-2H3. The van der Waals surface area contributed by atoms with Crippen molar-refractivity contribution in [2.45, 2.75) is 20.3 Å². The number of carbonyl (C=O) groups excluding carboxylic acids is 1. The second-order valence-corrected chi connectivity index (χ2v) is 3.08. The first-order valence-corrected chi connectivity index (χ1v) is 3.49. The molecular weight excluding hydrogens is 124 g/mol. The fourth-order valence-corrected chi connectivity index (χ4v) is 1.21. The highest BCUT2D eigenvalue weighted by Crippen LogP contribution is 2.25. The van der Waals surface area contributed by atoms with E-state index in [4.69, 9.17) is 0 Å². The molecule has 1 nitrogen and oxygen atoms in total. The van der Waals surface area contributed by atoms with Gasteiger partial charge in [-0.2, -0.15) is 0 Å². The fraction of sp³-hybridized carbons (Fsp3) is 0.444. The van der Waals surface area contributed by atoms with Crippen LogP contribution in [0.5, 0.6) is 0 Å². The van der Waals surface area contributed by atoms with E-state index in [0.717, 1.165) is 12.7 Å². The highest BCUT2D eigenvalue weighted by Gasteiger charge is 2.18. The Labute approximate surface area is 61.4 Å². The molecule has 0 amide bonds. The first-order chi connectivity index (χ1) is 4.66. The molecule has 0 aromatic heterocycles. The molecule has 1 aliphatic carbocycles. The predicted octanol–water partition coefficient (Wildman–Crippen LogP) is 2.10. The summed E-state index contributed by atoms with van der Waals surface area (Å²) in [5.74, 6) is 0. The molecule has 10 heavy (non-hydrogen) atoms. The maximum Gasteiger partial charge on any atom is 0.133 e. The largest absolute Gasteiger partial charge is 0.302 e. The molecule has 0 N–H and O–H groups in total. The van der Waals surface area contributed by atoms with Gasteiger partial charge in [0.15, 0.2) is 0 Å². The summed E-state index contributed by atoms with van der Waals surface area (Å²) in [4.78, 5) is 10.5. The molecular formula is C9H12O. The van der Waals surface area contributed by atoms with Crippen LogP contribution in [0.4, 0.5) is 0 Å². The van der Waals surface area contributed by atoms with E-state index in [1.165, 1.54) is 5.57 Å². The van der Waals surface area contributed by atoms with E-state index in [1.807, 2.05) is 32.1 Å². The van der Waals surface area contributed by atoms with E-state index in [1.54, 1.807) is 0 Å². The van der Waals surface area contributed by atoms with E-state index in [2.05, 4.69) is 0 Å². The quantitative estimate of drug-likeness (QED) is 0.398. The Morgan fingerprint density at radius 1 is 1.70 bits per heavy atom. The zero-order valence-corrected chi connectivity index (χ0v) is 6.42. The monoisotopic (exact) mass is 136 g/mol. The second kappa shape index (κ2) is 2.41. The van der Waals surface area contributed by atoms with Gasteiger partial charge in [-0.15, -0.1) is 0 Å². The first kappa shape index (κ1) is 7.26. The number of allylic oxidation sites excluding steroid dienone is 4. The Morgan fingerprint density at radius 2 is 2.40 bits per heavy atom. The van der Waals surface area contributed by atoms with Gasteiger partial charge in [-0.3, -0.25) is 0 Å². The average molecular weight is 136 g/mol. The summed E-state index contributed by atoms with van der Waals surface area (Å²) < 4.78 is 0. The van der Waals surface area contributed by atoms with Crippen molar-refractivity contribution in [2.75, 3.05) is 0 Å². The van der Waals surface area contributed by atoms with Gasteiger partial charge in [0.25, 0.3) is 0 Å². The Morgan fingerprint density at radius 3 is 2.80 bits per heavy atom. The maximum absolute atomic E-state index is 10.5. The zero-order valence-electron chi connectivity index (χ0n) is 6.42. The highest BCUT2D eigenvalue weighted by atomic mass is 16.1. The molecule has 0 spiro atoms. The van der Waals surface area contributed by atoms with Gasteiger partial charge in [0, 0.05) is 0 Å². The number of hydrogen-bond donors (Lipinski definition) is 0. The van der Waals surface area contributed by atoms with Gasteiger partial charge in [0.1, 0.15) is 6.29 Å². The molecule has 1 heteroatoms. The highest BCUT2D eigenvalue weighted by molar-refractivity contribution is 5.66. The summed E-state index contributed by atoms with van der Waals surface area (Å²) in [6, 6.07) is 0. The molecule has 0 heterocycles. The van der Waals surface area contributed by atoms with Crippen LogP contribution in [0.25, 0.3) is 0 Å². The molecule has 0 bridgehead atoms. The van der Waals surface area contributed by atoms with Crippen LogP contribution in [0.15, 0.2) is 23.8 Å². The van der Waals surface area contributed by atoms with Gasteiger partial charge < -0.3 is 4.79 Å². The van der Waals surface area contributed by atoms with Crippen molar-refractivity contribution < 1.29 is 4.79 Å². The Bertz CT molecular complexity index is 201. The molecule has 1 rings (SSSR count). The predicted molar refractivity (Wildman–Crippen MR) is 41.7 cm³/mol. The molecule has 0 saturated heterocycles. The van der Waals surface area contributed by atoms with Gasteiger partial charge >= 0.3 is 0 Å². The number of carbonyl (C=O) groups is 1. The molecule has 0 aromatic rings. The summed E-state index contributed by atoms with van der Waals surface area (Å²) in [6.07, 6.45) is 7.98. The van der Waals surface area contributed by atoms with Crippen molar-refractivity contribution in [2.24, 2.45) is 5.41 Å². The normalized spacial score (nSPS) is 31.6. The van der Waals surface area contributed by atoms with E-state index in [-0.39, 0.29) is 5.41 Å². The van der Waals surface area contributed by atoms with Crippen molar-refractivity contribution >= 4 is 6.29 Å². The van der Waals surface area contributed by atoms with Gasteiger partial charge in [-0.1, -0.05) is 23.8 Å². The van der Waals surface area contributed by atoms with Crippen LogP contribution >= 0.6 is 0 Å². The fourth-order valence-electron chi connectivity index (χ4n) is 1.21. The van der Waals surface area contributed by atoms with Crippen LogP contribution in [-0.2, 0) is 4.79 Å². The van der Waals surface area contributed by atoms with Gasteiger partial charge in [0.05, 0.1) is 5.41 Å². The van der Waals surface area contributed by atoms with E-state index >= 15 is 0 Å². The summed E-state index contributed by atoms with van der Waals surface area (Å²) in [7, 11) is 0. The molecule has 0 fully saturated rings. The summed E-state index contributed by atoms with van der Waals surface area (Å²) in [5, 5.41) is 0. The summed E-state index contributed by atoms with van der Waals surface area (Å²) >= 11 is 0. The van der Waals surface area contributed by atoms with E-state index < -0.39 is 0 Å². The molecule has 54 valence electrons. The van der Waals surface area contributed by atoms with Gasteiger partial charge in [-0.05, 0) is 20.3 Å². The van der Waals surface area contributed by atoms with Gasteiger partial charge in [-0.25, -0.2) is 0 Å². The lowest BCUT2D eigenvalue weighted by Gasteiger charge is -2.18. The van der Waals surface area contributed by atoms with Crippen molar-refractivity contribution in [3.63, 3.8) is 0 Å². The number of hydrogen-bond acceptors (Lipinski definition) is 1. The maximum atomic E-state index is 10.5. The molecule has 0 saturated carbocycles. The smallest absolute Gasteiger partial charge is 0.133 e. The van der Waals surface area contributed by atoms with Crippen LogP contribution in [-0.4, -0.2) is 6.29 Å². The average Bonchev–Trinajstić information content (AvgIpc) is 1.88. The summed E-state index contributed by atoms with van der Waals surface area (Å²) in [5.41, 5.74) is 0.944. The van der Waals surface area contributed by atoms with Crippen molar-refractivity contribution in [3.8, 4) is 0 Å². The van der Waals surface area contributed by atoms with Crippen LogP contribution in [0.2, 0.25) is 0 Å². The number of aldehydes is 1. The lowest BCUT2D eigenvalue weighted by molar-refractivity contribution is -0.111. The number of rotatable bonds is 1. The third-order valence-electron chi connectivity index (χ3n) is 1.73. The third-order valence-corrected chi connectivity index (χ3v) is 1.73. The minimum atomic E-state index is -0.331. The van der Waals surface area contributed by atoms with Crippen LogP contribution < -0.4 is 0 Å². The first-order valence-electron chi connectivity index (χ1n) is 3.49. The minimum absolute atomic E-state index is 0.331. The Kier molecular flexibility index (Phi) is 1.75. The third kappa shape index (κ3) is 1.35. The lowest BCUT2D eigenvalue weighted by atomic mass is 9.85. The molecule has 0 aromatic carbocycles. The molecule has 0 aliphatic heterocycles. The van der Waals surface area contributed by atoms with E-state index in [9.17, 15) is 4.79 Å². The topological polar surface area (TPSA) is 17.1 Å². The van der Waals surface area contributed by atoms with Crippen molar-refractivity contribution in [1.29, 1.82) is 0 Å². The Balaban J connectivity index is 2.87. The molecule has 0 radical (unpaired) electrons. The Hall–Kier alpha value is -0.850. The minimum Gasteiger partial charge on any atom is -0.302 e. The van der Waals surface area contributed by atoms with Crippen molar-refractivity contribution in [1.82, 2.24) is 0 Å². The van der Waals surface area contributed by atoms with Crippen molar-refractivity contribution in [3.05, 3.63) is 23.8 Å². The summed E-state index contributed by atoms with van der Waals surface area (Å²) in [6.45, 7) is 3.96. The van der Waals surface area contributed by atoms with Crippen LogP contribution in [0, 0.1) is 5.41 Å². The molecule has 1 atom stereocenters. The second-order valence-electron chi connectivity index (χ2n) is 3.08. The molecule has 1 unspecified atom stereocenters. The van der Waals surface area contributed by atoms with Crippen LogP contribution in [0.3, 0.4) is 0 Å². The van der Waals surface area contributed by atoms with E-state index in [0.29, 0.717) is 0 Å². The molecule has 1 aliphatic rings. The SMILES string of the molecule is CC1=CC(C)(C=O)C=CC1. The lowest BCUT2D eigenvalue weighted by Crippen LogP contribution is -2.13. The zero-order chi connectivity index (χ0) is 7.61. The van der Waals surface area contributed by atoms with Gasteiger partial charge in [0.2, 0.25) is 0 Å². The van der Waals surface area contributed by atoms with Crippen LogP contribution in [0.1, 0.15) is 20.3 Å².